The summed E-state index contributed by atoms with van der Waals surface area (Å²) < 4.78 is 0. The average molecular weight is 205 g/mol. The Morgan fingerprint density at radius 1 is 1.36 bits per heavy atom. The van der Waals surface area contributed by atoms with E-state index in [0.717, 1.165) is 11.6 Å². The third kappa shape index (κ3) is 1.90. The zero-order valence-electron chi connectivity index (χ0n) is 7.82. The standard InChI is InChI=1S/C10H11N3S/c1-14-9-5-3-2-4-8(9)13-10-11-6-7-12-10/h2-7H,1H3,(H2,11,12,13). The van der Waals surface area contributed by atoms with Gasteiger partial charge in [-0.2, -0.15) is 0 Å². The second-order valence-electron chi connectivity index (χ2n) is 2.76. The van der Waals surface area contributed by atoms with Crippen LogP contribution in [0.25, 0.3) is 0 Å². The lowest BCUT2D eigenvalue weighted by Crippen LogP contribution is -1.93. The van der Waals surface area contributed by atoms with Crippen molar-refractivity contribution in [1.29, 1.82) is 0 Å². The van der Waals surface area contributed by atoms with Crippen LogP contribution in [0.2, 0.25) is 0 Å². The van der Waals surface area contributed by atoms with Crippen LogP contribution in [-0.2, 0) is 0 Å². The predicted octanol–water partition coefficient (Wildman–Crippen LogP) is 2.88. The number of hydrogen-bond donors (Lipinski definition) is 2. The van der Waals surface area contributed by atoms with E-state index in [1.54, 1.807) is 24.2 Å². The van der Waals surface area contributed by atoms with E-state index < -0.39 is 0 Å². The molecule has 0 bridgehead atoms. The van der Waals surface area contributed by atoms with Crippen molar-refractivity contribution < 1.29 is 0 Å². The number of anilines is 2. The van der Waals surface area contributed by atoms with Gasteiger partial charge in [0.1, 0.15) is 0 Å². The van der Waals surface area contributed by atoms with E-state index in [1.807, 2.05) is 18.2 Å². The van der Waals surface area contributed by atoms with Crippen LogP contribution in [0.5, 0.6) is 0 Å². The lowest BCUT2D eigenvalue weighted by molar-refractivity contribution is 1.27. The van der Waals surface area contributed by atoms with Crippen molar-refractivity contribution in [3.05, 3.63) is 36.7 Å². The Morgan fingerprint density at radius 3 is 2.93 bits per heavy atom. The van der Waals surface area contributed by atoms with Crippen molar-refractivity contribution in [3.8, 4) is 0 Å². The Labute approximate surface area is 87.0 Å². The molecule has 2 aromatic rings. The molecule has 4 heteroatoms. The summed E-state index contributed by atoms with van der Waals surface area (Å²) in [5.74, 6) is 0.770. The van der Waals surface area contributed by atoms with Crippen molar-refractivity contribution in [2.75, 3.05) is 11.6 Å². The van der Waals surface area contributed by atoms with Crippen LogP contribution in [-0.4, -0.2) is 16.2 Å². The predicted molar refractivity (Wildman–Crippen MR) is 60.1 cm³/mol. The molecule has 0 saturated carbocycles. The topological polar surface area (TPSA) is 40.7 Å². The van der Waals surface area contributed by atoms with Gasteiger partial charge in [0, 0.05) is 17.3 Å². The summed E-state index contributed by atoms with van der Waals surface area (Å²) in [5, 5.41) is 3.22. The number of para-hydroxylation sites is 1. The zero-order chi connectivity index (χ0) is 9.80. The Balaban J connectivity index is 2.24. The van der Waals surface area contributed by atoms with E-state index in [0.29, 0.717) is 0 Å². The number of rotatable bonds is 3. The van der Waals surface area contributed by atoms with Crippen molar-refractivity contribution >= 4 is 23.4 Å². The summed E-state index contributed by atoms with van der Waals surface area (Å²) in [5.41, 5.74) is 1.08. The first-order valence-corrected chi connectivity index (χ1v) is 5.52. The first-order chi connectivity index (χ1) is 6.90. The molecule has 0 aliphatic rings. The minimum Gasteiger partial charge on any atom is -0.331 e. The molecule has 0 saturated heterocycles. The van der Waals surface area contributed by atoms with Crippen LogP contribution < -0.4 is 5.32 Å². The highest BCUT2D eigenvalue weighted by Gasteiger charge is 2.00. The second-order valence-corrected chi connectivity index (χ2v) is 3.61. The highest BCUT2D eigenvalue weighted by molar-refractivity contribution is 7.98. The van der Waals surface area contributed by atoms with E-state index in [9.17, 15) is 0 Å². The van der Waals surface area contributed by atoms with Crippen molar-refractivity contribution in [2.24, 2.45) is 0 Å². The van der Waals surface area contributed by atoms with Crippen LogP contribution >= 0.6 is 11.8 Å². The van der Waals surface area contributed by atoms with Crippen LogP contribution in [0.3, 0.4) is 0 Å². The Kier molecular flexibility index (Phi) is 2.74. The smallest absolute Gasteiger partial charge is 0.204 e. The Bertz CT molecular complexity index is 398. The van der Waals surface area contributed by atoms with Crippen LogP contribution in [0.15, 0.2) is 41.6 Å². The van der Waals surface area contributed by atoms with Crippen molar-refractivity contribution in [1.82, 2.24) is 9.97 Å². The van der Waals surface area contributed by atoms with Gasteiger partial charge in [-0.25, -0.2) is 4.98 Å². The molecule has 72 valence electrons. The minimum atomic E-state index is 0.770. The maximum Gasteiger partial charge on any atom is 0.204 e. The fourth-order valence-corrected chi connectivity index (χ4v) is 1.76. The summed E-state index contributed by atoms with van der Waals surface area (Å²) in [6.07, 6.45) is 5.58. The van der Waals surface area contributed by atoms with Crippen LogP contribution in [0.4, 0.5) is 11.6 Å². The molecule has 0 atom stereocenters. The summed E-state index contributed by atoms with van der Waals surface area (Å²) in [6, 6.07) is 8.15. The van der Waals surface area contributed by atoms with Gasteiger partial charge in [-0.05, 0) is 18.4 Å². The fourth-order valence-electron chi connectivity index (χ4n) is 1.21. The fraction of sp³-hybridized carbons (Fsp3) is 0.100. The molecule has 2 N–H and O–H groups in total. The molecule has 2 rings (SSSR count). The monoisotopic (exact) mass is 205 g/mol. The molecule has 0 spiro atoms. The number of thioether (sulfide) groups is 1. The third-order valence-corrected chi connectivity index (χ3v) is 2.65. The van der Waals surface area contributed by atoms with E-state index >= 15 is 0 Å². The van der Waals surface area contributed by atoms with E-state index in [4.69, 9.17) is 0 Å². The quantitative estimate of drug-likeness (QED) is 0.757. The molecular formula is C10H11N3S. The van der Waals surface area contributed by atoms with Gasteiger partial charge >= 0.3 is 0 Å². The Hall–Kier alpha value is -1.42. The highest BCUT2D eigenvalue weighted by atomic mass is 32.2. The number of aromatic nitrogens is 2. The number of imidazole rings is 1. The molecule has 1 heterocycles. The maximum absolute atomic E-state index is 4.11. The number of benzene rings is 1. The first kappa shape index (κ1) is 9.15. The largest absolute Gasteiger partial charge is 0.331 e. The SMILES string of the molecule is CSc1ccccc1Nc1ncc[nH]1. The van der Waals surface area contributed by atoms with E-state index in [2.05, 4.69) is 27.6 Å². The van der Waals surface area contributed by atoms with Crippen molar-refractivity contribution in [2.45, 2.75) is 4.90 Å². The molecule has 0 fully saturated rings. The van der Waals surface area contributed by atoms with E-state index in [-0.39, 0.29) is 0 Å². The molecule has 0 radical (unpaired) electrons. The van der Waals surface area contributed by atoms with Crippen LogP contribution in [0, 0.1) is 0 Å². The Morgan fingerprint density at radius 2 is 2.21 bits per heavy atom. The van der Waals surface area contributed by atoms with Gasteiger partial charge in [0.25, 0.3) is 0 Å². The van der Waals surface area contributed by atoms with Gasteiger partial charge in [0.15, 0.2) is 0 Å². The normalized spacial score (nSPS) is 10.1. The molecule has 1 aromatic heterocycles. The molecule has 14 heavy (non-hydrogen) atoms. The number of nitrogens with one attached hydrogen (secondary N) is 2. The van der Waals surface area contributed by atoms with Gasteiger partial charge in [-0.1, -0.05) is 12.1 Å². The van der Waals surface area contributed by atoms with E-state index in [1.165, 1.54) is 4.90 Å². The first-order valence-electron chi connectivity index (χ1n) is 4.29. The molecule has 0 aliphatic heterocycles. The number of hydrogen-bond acceptors (Lipinski definition) is 3. The van der Waals surface area contributed by atoms with Gasteiger partial charge in [0.05, 0.1) is 5.69 Å². The number of H-pyrrole nitrogens is 1. The maximum atomic E-state index is 4.11. The van der Waals surface area contributed by atoms with Crippen LogP contribution in [0.1, 0.15) is 0 Å². The zero-order valence-corrected chi connectivity index (χ0v) is 8.64. The lowest BCUT2D eigenvalue weighted by atomic mass is 10.3. The minimum absolute atomic E-state index is 0.770. The molecule has 0 amide bonds. The molecule has 0 aliphatic carbocycles. The highest BCUT2D eigenvalue weighted by Crippen LogP contribution is 2.26. The summed E-state index contributed by atoms with van der Waals surface area (Å²) in [6.45, 7) is 0. The molecule has 1 aromatic carbocycles. The number of aromatic amines is 1. The summed E-state index contributed by atoms with van der Waals surface area (Å²) in [7, 11) is 0. The third-order valence-electron chi connectivity index (χ3n) is 1.86. The van der Waals surface area contributed by atoms with Gasteiger partial charge in [-0.3, -0.25) is 0 Å². The van der Waals surface area contributed by atoms with Gasteiger partial charge < -0.3 is 10.3 Å². The molecule has 0 unspecified atom stereocenters. The lowest BCUT2D eigenvalue weighted by Gasteiger charge is -2.06. The summed E-state index contributed by atoms with van der Waals surface area (Å²) in [4.78, 5) is 8.33. The summed E-state index contributed by atoms with van der Waals surface area (Å²) >= 11 is 1.71. The van der Waals surface area contributed by atoms with Crippen molar-refractivity contribution in [3.63, 3.8) is 0 Å². The second kappa shape index (κ2) is 4.19. The van der Waals surface area contributed by atoms with Gasteiger partial charge in [0.2, 0.25) is 5.95 Å². The molecule has 3 nitrogen and oxygen atoms in total. The molecular weight excluding hydrogens is 194 g/mol. The van der Waals surface area contributed by atoms with Gasteiger partial charge in [-0.15, -0.1) is 11.8 Å². The average Bonchev–Trinajstić information content (AvgIpc) is 2.71. The number of nitrogens with zero attached hydrogens (tertiary/aromatic N) is 1.